The fourth-order valence-electron chi connectivity index (χ4n) is 2.15. The van der Waals surface area contributed by atoms with Crippen LogP contribution >= 0.6 is 0 Å². The number of nitrogens with one attached hydrogen (secondary N) is 1. The topological polar surface area (TPSA) is 72.7 Å². The van der Waals surface area contributed by atoms with E-state index in [2.05, 4.69) is 16.0 Å². The summed E-state index contributed by atoms with van der Waals surface area (Å²) in [6, 6.07) is 7.67. The molecule has 4 heteroatoms. The normalized spacial score (nSPS) is 24.0. The van der Waals surface area contributed by atoms with Gasteiger partial charge in [-0.25, -0.2) is 4.98 Å². The Morgan fingerprint density at radius 1 is 1.44 bits per heavy atom. The first kappa shape index (κ1) is 9.37. The summed E-state index contributed by atoms with van der Waals surface area (Å²) in [7, 11) is 0. The van der Waals surface area contributed by atoms with Gasteiger partial charge in [0.05, 0.1) is 17.2 Å². The predicted octanol–water partition coefficient (Wildman–Crippen LogP) is 1.67. The van der Waals surface area contributed by atoms with Crippen LogP contribution in [0.3, 0.4) is 0 Å². The van der Waals surface area contributed by atoms with E-state index in [0.717, 1.165) is 29.7 Å². The lowest BCUT2D eigenvalue weighted by Crippen LogP contribution is -2.27. The van der Waals surface area contributed by atoms with Gasteiger partial charge in [-0.2, -0.15) is 5.26 Å². The summed E-state index contributed by atoms with van der Waals surface area (Å²) < 4.78 is 0. The highest BCUT2D eigenvalue weighted by Crippen LogP contribution is 2.36. The van der Waals surface area contributed by atoms with Gasteiger partial charge < -0.3 is 10.1 Å². The molecule has 80 valence electrons. The first-order chi connectivity index (χ1) is 7.78. The third-order valence-electron chi connectivity index (χ3n) is 3.15. The van der Waals surface area contributed by atoms with Gasteiger partial charge in [-0.05, 0) is 25.0 Å². The minimum absolute atomic E-state index is 0.186. The molecule has 1 aromatic carbocycles. The van der Waals surface area contributed by atoms with E-state index < -0.39 is 0 Å². The van der Waals surface area contributed by atoms with Crippen molar-refractivity contribution in [3.63, 3.8) is 0 Å². The molecule has 1 aliphatic rings. The molecule has 0 unspecified atom stereocenters. The zero-order chi connectivity index (χ0) is 11.1. The molecule has 16 heavy (non-hydrogen) atoms. The van der Waals surface area contributed by atoms with Gasteiger partial charge in [0.1, 0.15) is 17.4 Å². The molecule has 4 nitrogen and oxygen atoms in total. The number of nitrogens with zero attached hydrogens (tertiary/aromatic N) is 2. The number of H-pyrrole nitrogens is 1. The second-order valence-corrected chi connectivity index (χ2v) is 4.26. The number of hydrogen-bond donors (Lipinski definition) is 2. The first-order valence-corrected chi connectivity index (χ1v) is 5.34. The van der Waals surface area contributed by atoms with E-state index in [1.165, 1.54) is 0 Å². The Morgan fingerprint density at radius 2 is 2.25 bits per heavy atom. The van der Waals surface area contributed by atoms with E-state index in [4.69, 9.17) is 5.26 Å². The molecular weight excluding hydrogens is 202 g/mol. The molecule has 0 amide bonds. The van der Waals surface area contributed by atoms with Crippen molar-refractivity contribution in [2.45, 2.75) is 24.9 Å². The summed E-state index contributed by atoms with van der Waals surface area (Å²) in [6.07, 6.45) is 1.34. The lowest BCUT2D eigenvalue weighted by molar-refractivity contribution is 0.0720. The summed E-state index contributed by atoms with van der Waals surface area (Å²) in [5.41, 5.74) is 2.23. The van der Waals surface area contributed by atoms with E-state index in [9.17, 15) is 5.11 Å². The van der Waals surface area contributed by atoms with Crippen molar-refractivity contribution >= 4 is 11.0 Å². The maximum atomic E-state index is 9.26. The Hall–Kier alpha value is -1.86. The van der Waals surface area contributed by atoms with Crippen LogP contribution in [0, 0.1) is 11.3 Å². The summed E-state index contributed by atoms with van der Waals surface area (Å²) in [5, 5.41) is 18.2. The van der Waals surface area contributed by atoms with Gasteiger partial charge >= 0.3 is 0 Å². The highest BCUT2D eigenvalue weighted by molar-refractivity contribution is 5.81. The van der Waals surface area contributed by atoms with Crippen molar-refractivity contribution in [2.75, 3.05) is 0 Å². The molecule has 3 rings (SSSR count). The number of rotatable bonds is 1. The number of benzene rings is 1. The van der Waals surface area contributed by atoms with Gasteiger partial charge in [-0.15, -0.1) is 0 Å². The minimum atomic E-state index is -0.186. The van der Waals surface area contributed by atoms with E-state index in [-0.39, 0.29) is 6.10 Å². The van der Waals surface area contributed by atoms with Crippen LogP contribution in [0.2, 0.25) is 0 Å². The maximum Gasteiger partial charge on any atom is 0.110 e. The van der Waals surface area contributed by atoms with E-state index >= 15 is 0 Å². The number of fused-ring (bicyclic) bond motifs is 1. The van der Waals surface area contributed by atoms with Crippen LogP contribution in [0.25, 0.3) is 11.0 Å². The SMILES string of the molecule is N#Cc1cccc2[nH]c(C3CC(O)C3)nc12. The third-order valence-corrected chi connectivity index (χ3v) is 3.15. The fourth-order valence-corrected chi connectivity index (χ4v) is 2.15. The Labute approximate surface area is 92.5 Å². The van der Waals surface area contributed by atoms with Gasteiger partial charge in [0.25, 0.3) is 0 Å². The van der Waals surface area contributed by atoms with Crippen LogP contribution in [0.15, 0.2) is 18.2 Å². The van der Waals surface area contributed by atoms with E-state index in [0.29, 0.717) is 11.5 Å². The van der Waals surface area contributed by atoms with Crippen molar-refractivity contribution in [2.24, 2.45) is 0 Å². The largest absolute Gasteiger partial charge is 0.393 e. The summed E-state index contributed by atoms with van der Waals surface area (Å²) in [4.78, 5) is 7.67. The number of aliphatic hydroxyl groups is 1. The summed E-state index contributed by atoms with van der Waals surface area (Å²) in [6.45, 7) is 0. The second-order valence-electron chi connectivity index (χ2n) is 4.26. The van der Waals surface area contributed by atoms with Gasteiger partial charge in [0.15, 0.2) is 0 Å². The monoisotopic (exact) mass is 213 g/mol. The molecule has 1 saturated carbocycles. The molecule has 1 heterocycles. The van der Waals surface area contributed by atoms with E-state index in [1.54, 1.807) is 6.07 Å². The molecule has 2 aromatic rings. The molecule has 0 saturated heterocycles. The van der Waals surface area contributed by atoms with Gasteiger partial charge in [-0.1, -0.05) is 6.07 Å². The quantitative estimate of drug-likeness (QED) is 0.756. The first-order valence-electron chi connectivity index (χ1n) is 5.34. The number of hydrogen-bond acceptors (Lipinski definition) is 3. The lowest BCUT2D eigenvalue weighted by atomic mass is 9.82. The fraction of sp³-hybridized carbons (Fsp3) is 0.333. The van der Waals surface area contributed by atoms with Gasteiger partial charge in [0.2, 0.25) is 0 Å². The number of nitriles is 1. The molecule has 0 spiro atoms. The standard InChI is InChI=1S/C12H11N3O/c13-6-7-2-1-3-10-11(7)15-12(14-10)8-4-9(16)5-8/h1-3,8-9,16H,4-5H2,(H,14,15). The van der Waals surface area contributed by atoms with Crippen LogP contribution in [0.4, 0.5) is 0 Å². The molecule has 1 aliphatic carbocycles. The molecule has 1 fully saturated rings. The van der Waals surface area contributed by atoms with Crippen molar-refractivity contribution in [3.8, 4) is 6.07 Å². The molecule has 0 atom stereocenters. The lowest BCUT2D eigenvalue weighted by Gasteiger charge is -2.29. The average Bonchev–Trinajstić information content (AvgIpc) is 2.67. The van der Waals surface area contributed by atoms with Crippen LogP contribution in [-0.4, -0.2) is 21.2 Å². The predicted molar refractivity (Wildman–Crippen MR) is 58.8 cm³/mol. The second kappa shape index (κ2) is 3.32. The molecule has 0 aliphatic heterocycles. The zero-order valence-corrected chi connectivity index (χ0v) is 8.64. The van der Waals surface area contributed by atoms with Gasteiger partial charge in [-0.3, -0.25) is 0 Å². The highest BCUT2D eigenvalue weighted by atomic mass is 16.3. The molecule has 0 bridgehead atoms. The number of aliphatic hydroxyl groups excluding tert-OH is 1. The van der Waals surface area contributed by atoms with Crippen molar-refractivity contribution in [3.05, 3.63) is 29.6 Å². The Kier molecular flexibility index (Phi) is 1.95. The van der Waals surface area contributed by atoms with E-state index in [1.807, 2.05) is 12.1 Å². The maximum absolute atomic E-state index is 9.26. The zero-order valence-electron chi connectivity index (χ0n) is 8.64. The number of aromatic amines is 1. The van der Waals surface area contributed by atoms with Crippen molar-refractivity contribution in [1.82, 2.24) is 9.97 Å². The summed E-state index contributed by atoms with van der Waals surface area (Å²) in [5.74, 6) is 1.21. The molecule has 1 aromatic heterocycles. The Balaban J connectivity index is 2.06. The minimum Gasteiger partial charge on any atom is -0.393 e. The highest BCUT2D eigenvalue weighted by Gasteiger charge is 2.31. The van der Waals surface area contributed by atoms with Crippen molar-refractivity contribution in [1.29, 1.82) is 5.26 Å². The number of imidazole rings is 1. The molecule has 2 N–H and O–H groups in total. The number of para-hydroxylation sites is 1. The molecular formula is C12H11N3O. The Bertz CT molecular complexity index is 575. The number of aromatic nitrogens is 2. The van der Waals surface area contributed by atoms with Gasteiger partial charge in [0, 0.05) is 5.92 Å². The smallest absolute Gasteiger partial charge is 0.110 e. The summed E-state index contributed by atoms with van der Waals surface area (Å²) >= 11 is 0. The van der Waals surface area contributed by atoms with Crippen LogP contribution < -0.4 is 0 Å². The van der Waals surface area contributed by atoms with Crippen LogP contribution in [0.5, 0.6) is 0 Å². The van der Waals surface area contributed by atoms with Crippen molar-refractivity contribution < 1.29 is 5.11 Å². The average molecular weight is 213 g/mol. The van der Waals surface area contributed by atoms with Crippen LogP contribution in [-0.2, 0) is 0 Å². The Morgan fingerprint density at radius 3 is 2.94 bits per heavy atom. The third kappa shape index (κ3) is 1.29. The van der Waals surface area contributed by atoms with Crippen LogP contribution in [0.1, 0.15) is 30.1 Å². The molecule has 0 radical (unpaired) electrons.